The van der Waals surface area contributed by atoms with Crippen molar-refractivity contribution in [1.82, 2.24) is 29.3 Å². The zero-order valence-electron chi connectivity index (χ0n) is 20.7. The number of primary amides is 1. The zero-order chi connectivity index (χ0) is 25.4. The van der Waals surface area contributed by atoms with Crippen LogP contribution in [0.4, 0.5) is 5.95 Å². The van der Waals surface area contributed by atoms with Crippen LogP contribution in [0.3, 0.4) is 0 Å². The SMILES string of the molecule is NC(=O)c1ccc2ncn(CC3CCN(CC(=O)N4CCN(c5ncc6ccccc6n5)CC4)C3)c2c1. The second kappa shape index (κ2) is 9.78. The van der Waals surface area contributed by atoms with Crippen molar-refractivity contribution in [3.8, 4) is 0 Å². The molecule has 190 valence electrons. The Bertz CT molecular complexity index is 1460. The predicted molar refractivity (Wildman–Crippen MR) is 141 cm³/mol. The Balaban J connectivity index is 1.01. The fourth-order valence-electron chi connectivity index (χ4n) is 5.40. The van der Waals surface area contributed by atoms with Gasteiger partial charge in [0.15, 0.2) is 0 Å². The Labute approximate surface area is 214 Å². The van der Waals surface area contributed by atoms with E-state index in [0.29, 0.717) is 31.1 Å². The Kier molecular flexibility index (Phi) is 6.17. The van der Waals surface area contributed by atoms with Crippen molar-refractivity contribution >= 4 is 39.7 Å². The number of nitrogens with zero attached hydrogens (tertiary/aromatic N) is 7. The lowest BCUT2D eigenvalue weighted by atomic mass is 10.1. The number of benzene rings is 2. The van der Waals surface area contributed by atoms with E-state index < -0.39 is 5.91 Å². The number of piperazine rings is 1. The average molecular weight is 499 g/mol. The summed E-state index contributed by atoms with van der Waals surface area (Å²) in [5.41, 5.74) is 8.64. The van der Waals surface area contributed by atoms with Gasteiger partial charge in [0.1, 0.15) is 0 Å². The Morgan fingerprint density at radius 3 is 2.65 bits per heavy atom. The van der Waals surface area contributed by atoms with Gasteiger partial charge in [0.2, 0.25) is 17.8 Å². The molecule has 6 rings (SSSR count). The van der Waals surface area contributed by atoms with Crippen molar-refractivity contribution in [1.29, 1.82) is 0 Å². The molecule has 1 atom stereocenters. The van der Waals surface area contributed by atoms with E-state index in [4.69, 9.17) is 10.7 Å². The second-order valence-corrected chi connectivity index (χ2v) is 9.95. The Morgan fingerprint density at radius 2 is 1.81 bits per heavy atom. The van der Waals surface area contributed by atoms with Crippen LogP contribution in [0.2, 0.25) is 0 Å². The molecule has 10 nitrogen and oxygen atoms in total. The summed E-state index contributed by atoms with van der Waals surface area (Å²) in [4.78, 5) is 44.7. The Hall–Kier alpha value is -4.05. The van der Waals surface area contributed by atoms with E-state index in [1.54, 1.807) is 6.07 Å². The lowest BCUT2D eigenvalue weighted by molar-refractivity contribution is -0.132. The smallest absolute Gasteiger partial charge is 0.248 e. The summed E-state index contributed by atoms with van der Waals surface area (Å²) < 4.78 is 2.09. The van der Waals surface area contributed by atoms with Gasteiger partial charge in [-0.3, -0.25) is 14.5 Å². The van der Waals surface area contributed by atoms with Crippen LogP contribution in [-0.4, -0.2) is 86.9 Å². The summed E-state index contributed by atoms with van der Waals surface area (Å²) in [6, 6.07) is 13.3. The van der Waals surface area contributed by atoms with Gasteiger partial charge in [-0.05, 0) is 43.1 Å². The first kappa shape index (κ1) is 23.4. The lowest BCUT2D eigenvalue weighted by Crippen LogP contribution is -2.51. The molecule has 0 aliphatic carbocycles. The number of aromatic nitrogens is 4. The number of amides is 2. The molecular formula is C27H30N8O2. The summed E-state index contributed by atoms with van der Waals surface area (Å²) in [5.74, 6) is 0.886. The van der Waals surface area contributed by atoms with Gasteiger partial charge in [-0.1, -0.05) is 18.2 Å². The van der Waals surface area contributed by atoms with Crippen LogP contribution in [0.15, 0.2) is 55.0 Å². The number of likely N-dealkylation sites (tertiary alicyclic amines) is 1. The standard InChI is InChI=1S/C27H30N8O2/c28-26(37)20-5-6-23-24(13-20)35(18-30-23)16-19-7-8-32(15-19)17-25(36)33-9-11-34(12-10-33)27-29-14-21-3-1-2-4-22(21)31-27/h1-6,13-14,18-19H,7-12,15-17H2,(H2,28,37). The maximum absolute atomic E-state index is 13.0. The number of anilines is 1. The van der Waals surface area contributed by atoms with Crippen LogP contribution in [0.1, 0.15) is 16.8 Å². The highest BCUT2D eigenvalue weighted by atomic mass is 16.2. The third kappa shape index (κ3) is 4.84. The quantitative estimate of drug-likeness (QED) is 0.431. The number of rotatable bonds is 6. The fourth-order valence-corrected chi connectivity index (χ4v) is 5.40. The second-order valence-electron chi connectivity index (χ2n) is 9.95. The van der Waals surface area contributed by atoms with E-state index in [0.717, 1.165) is 67.0 Å². The van der Waals surface area contributed by atoms with Crippen LogP contribution in [0.25, 0.3) is 21.9 Å². The van der Waals surface area contributed by atoms with Gasteiger partial charge >= 0.3 is 0 Å². The van der Waals surface area contributed by atoms with E-state index >= 15 is 0 Å². The lowest BCUT2D eigenvalue weighted by Gasteiger charge is -2.35. The number of carbonyl (C=O) groups is 2. The minimum Gasteiger partial charge on any atom is -0.366 e. The highest BCUT2D eigenvalue weighted by Gasteiger charge is 2.28. The number of nitrogens with two attached hydrogens (primary N) is 1. The zero-order valence-corrected chi connectivity index (χ0v) is 20.7. The minimum absolute atomic E-state index is 0.180. The normalized spacial score (nSPS) is 18.6. The van der Waals surface area contributed by atoms with Crippen molar-refractivity contribution < 1.29 is 9.59 Å². The maximum Gasteiger partial charge on any atom is 0.248 e. The van der Waals surface area contributed by atoms with Gasteiger partial charge < -0.3 is 20.1 Å². The van der Waals surface area contributed by atoms with Gasteiger partial charge in [-0.25, -0.2) is 15.0 Å². The molecule has 0 saturated carbocycles. The summed E-state index contributed by atoms with van der Waals surface area (Å²) in [5, 5.41) is 1.03. The molecule has 4 aromatic rings. The molecule has 2 aromatic carbocycles. The molecule has 0 radical (unpaired) electrons. The van der Waals surface area contributed by atoms with Crippen LogP contribution in [0.5, 0.6) is 0 Å². The van der Waals surface area contributed by atoms with Crippen LogP contribution in [0, 0.1) is 5.92 Å². The molecular weight excluding hydrogens is 468 g/mol. The van der Waals surface area contributed by atoms with Gasteiger partial charge in [0.05, 0.1) is 29.4 Å². The molecule has 0 bridgehead atoms. The monoisotopic (exact) mass is 498 g/mol. The highest BCUT2D eigenvalue weighted by molar-refractivity contribution is 5.96. The highest BCUT2D eigenvalue weighted by Crippen LogP contribution is 2.22. The number of hydrogen-bond donors (Lipinski definition) is 1. The fraction of sp³-hybridized carbons (Fsp3) is 0.370. The molecule has 2 aliphatic rings. The van der Waals surface area contributed by atoms with Crippen molar-refractivity contribution in [2.24, 2.45) is 11.7 Å². The first-order valence-electron chi connectivity index (χ1n) is 12.7. The molecule has 2 fully saturated rings. The molecule has 1 unspecified atom stereocenters. The molecule has 2 amide bonds. The van der Waals surface area contributed by atoms with Crippen LogP contribution in [-0.2, 0) is 11.3 Å². The molecule has 0 spiro atoms. The molecule has 4 heterocycles. The number of imidazole rings is 1. The number of fused-ring (bicyclic) bond motifs is 2. The molecule has 2 aromatic heterocycles. The molecule has 2 N–H and O–H groups in total. The predicted octanol–water partition coefficient (Wildman–Crippen LogP) is 1.75. The van der Waals surface area contributed by atoms with Crippen molar-refractivity contribution in [3.63, 3.8) is 0 Å². The van der Waals surface area contributed by atoms with E-state index in [2.05, 4.69) is 24.3 Å². The van der Waals surface area contributed by atoms with Gasteiger partial charge in [-0.2, -0.15) is 0 Å². The maximum atomic E-state index is 13.0. The summed E-state index contributed by atoms with van der Waals surface area (Å²) in [6.45, 7) is 5.83. The van der Waals surface area contributed by atoms with E-state index in [1.807, 2.05) is 53.8 Å². The molecule has 37 heavy (non-hydrogen) atoms. The van der Waals surface area contributed by atoms with Crippen molar-refractivity contribution in [2.45, 2.75) is 13.0 Å². The third-order valence-electron chi connectivity index (χ3n) is 7.48. The first-order chi connectivity index (χ1) is 18.0. The number of para-hydroxylation sites is 1. The Morgan fingerprint density at radius 1 is 0.973 bits per heavy atom. The van der Waals surface area contributed by atoms with E-state index in [-0.39, 0.29) is 5.91 Å². The van der Waals surface area contributed by atoms with Gasteiger partial charge in [-0.15, -0.1) is 0 Å². The molecule has 2 aliphatic heterocycles. The topological polar surface area (TPSA) is 113 Å². The van der Waals surface area contributed by atoms with Gasteiger partial charge in [0.25, 0.3) is 0 Å². The van der Waals surface area contributed by atoms with Gasteiger partial charge in [0, 0.05) is 56.4 Å². The largest absolute Gasteiger partial charge is 0.366 e. The van der Waals surface area contributed by atoms with E-state index in [9.17, 15) is 9.59 Å². The molecule has 2 saturated heterocycles. The summed E-state index contributed by atoms with van der Waals surface area (Å²) >= 11 is 0. The summed E-state index contributed by atoms with van der Waals surface area (Å²) in [6.07, 6.45) is 4.71. The minimum atomic E-state index is -0.439. The summed E-state index contributed by atoms with van der Waals surface area (Å²) in [7, 11) is 0. The average Bonchev–Trinajstić information content (AvgIpc) is 3.54. The number of carbonyl (C=O) groups excluding carboxylic acids is 2. The molecule has 10 heteroatoms. The van der Waals surface area contributed by atoms with E-state index in [1.165, 1.54) is 0 Å². The van der Waals surface area contributed by atoms with Crippen molar-refractivity contribution in [3.05, 3.63) is 60.6 Å². The number of hydrogen-bond acceptors (Lipinski definition) is 7. The van der Waals surface area contributed by atoms with Crippen molar-refractivity contribution in [2.75, 3.05) is 50.7 Å². The third-order valence-corrected chi connectivity index (χ3v) is 7.48. The van der Waals surface area contributed by atoms with Crippen LogP contribution < -0.4 is 10.6 Å². The van der Waals surface area contributed by atoms with Crippen LogP contribution >= 0.6 is 0 Å². The first-order valence-corrected chi connectivity index (χ1v) is 12.7.